The van der Waals surface area contributed by atoms with Gasteiger partial charge in [-0.2, -0.15) is 0 Å². The molecule has 2 unspecified atom stereocenters. The van der Waals surface area contributed by atoms with Gasteiger partial charge in [0.25, 0.3) is 0 Å². The molecule has 0 aliphatic heterocycles. The van der Waals surface area contributed by atoms with Crippen LogP contribution in [0.25, 0.3) is 0 Å². The summed E-state index contributed by atoms with van der Waals surface area (Å²) in [5.41, 5.74) is 0. The van der Waals surface area contributed by atoms with Crippen molar-refractivity contribution in [1.29, 1.82) is 0 Å². The van der Waals surface area contributed by atoms with Crippen molar-refractivity contribution in [3.05, 3.63) is 0 Å². The molecule has 0 aliphatic carbocycles. The van der Waals surface area contributed by atoms with Gasteiger partial charge in [-0.25, -0.2) is 0 Å². The van der Waals surface area contributed by atoms with Gasteiger partial charge in [-0.15, -0.1) is 0 Å². The van der Waals surface area contributed by atoms with Crippen molar-refractivity contribution in [2.75, 3.05) is 26.4 Å². The summed E-state index contributed by atoms with van der Waals surface area (Å²) in [6.07, 6.45) is 33.1. The first-order valence-corrected chi connectivity index (χ1v) is 21.4. The Hall–Kier alpha value is -1.10. The zero-order chi connectivity index (χ0) is 35.3. The van der Waals surface area contributed by atoms with Gasteiger partial charge in [0.15, 0.2) is 0 Å². The summed E-state index contributed by atoms with van der Waals surface area (Å²) in [6.45, 7) is 13.4. The molecule has 0 spiro atoms. The van der Waals surface area contributed by atoms with E-state index in [1.807, 2.05) is 0 Å². The summed E-state index contributed by atoms with van der Waals surface area (Å²) in [5.74, 6) is -0.0357. The third-order valence-electron chi connectivity index (χ3n) is 10.0. The fraction of sp³-hybridized carbons (Fsp3) is 0.953. The van der Waals surface area contributed by atoms with Crippen molar-refractivity contribution >= 4 is 11.9 Å². The van der Waals surface area contributed by atoms with Gasteiger partial charge in [0.1, 0.15) is 0 Å². The van der Waals surface area contributed by atoms with Crippen LogP contribution in [0.4, 0.5) is 0 Å². The Balaban J connectivity index is 5.21. The molecule has 0 N–H and O–H groups in total. The second kappa shape index (κ2) is 37.2. The molecular formula is C43H84O5. The van der Waals surface area contributed by atoms with Crippen molar-refractivity contribution in [1.82, 2.24) is 0 Å². The van der Waals surface area contributed by atoms with Crippen molar-refractivity contribution < 1.29 is 23.8 Å². The maximum Gasteiger partial charge on any atom is 0.308 e. The highest BCUT2D eigenvalue weighted by Crippen LogP contribution is 2.24. The van der Waals surface area contributed by atoms with Gasteiger partial charge in [0.2, 0.25) is 0 Å². The lowest BCUT2D eigenvalue weighted by atomic mass is 9.94. The van der Waals surface area contributed by atoms with Crippen LogP contribution in [0.1, 0.15) is 221 Å². The SMILES string of the molecule is CCCCCCCCC(CCCCCC)C(=O)OCC(CCCCOCCCC)COC(=O)C(CCCCCC)CCCCCCCC. The minimum atomic E-state index is -0.0313. The topological polar surface area (TPSA) is 61.8 Å². The van der Waals surface area contributed by atoms with Crippen LogP contribution in [0.5, 0.6) is 0 Å². The summed E-state index contributed by atoms with van der Waals surface area (Å²) < 4.78 is 17.9. The van der Waals surface area contributed by atoms with Gasteiger partial charge in [0, 0.05) is 19.1 Å². The van der Waals surface area contributed by atoms with E-state index < -0.39 is 0 Å². The zero-order valence-corrected chi connectivity index (χ0v) is 33.1. The first-order valence-electron chi connectivity index (χ1n) is 21.4. The zero-order valence-electron chi connectivity index (χ0n) is 33.1. The van der Waals surface area contributed by atoms with Crippen LogP contribution in [0, 0.1) is 17.8 Å². The molecule has 5 heteroatoms. The first kappa shape index (κ1) is 46.9. The van der Waals surface area contributed by atoms with Crippen LogP contribution < -0.4 is 0 Å². The van der Waals surface area contributed by atoms with E-state index in [0.717, 1.165) is 96.7 Å². The number of carbonyl (C=O) groups is 2. The van der Waals surface area contributed by atoms with E-state index in [1.54, 1.807) is 0 Å². The summed E-state index contributed by atoms with van der Waals surface area (Å²) in [7, 11) is 0. The number of ether oxygens (including phenoxy) is 3. The van der Waals surface area contributed by atoms with E-state index in [0.29, 0.717) is 13.2 Å². The van der Waals surface area contributed by atoms with E-state index in [1.165, 1.54) is 103 Å². The Labute approximate surface area is 300 Å². The lowest BCUT2D eigenvalue weighted by Crippen LogP contribution is -2.26. The van der Waals surface area contributed by atoms with Gasteiger partial charge in [-0.3, -0.25) is 9.59 Å². The minimum absolute atomic E-state index is 0.00646. The molecule has 2 atom stereocenters. The van der Waals surface area contributed by atoms with Crippen molar-refractivity contribution in [2.45, 2.75) is 221 Å². The number of esters is 2. The van der Waals surface area contributed by atoms with Crippen LogP contribution in [0.2, 0.25) is 0 Å². The molecule has 0 aromatic rings. The molecule has 0 rings (SSSR count). The van der Waals surface area contributed by atoms with Crippen molar-refractivity contribution in [2.24, 2.45) is 17.8 Å². The predicted molar refractivity (Wildman–Crippen MR) is 205 cm³/mol. The van der Waals surface area contributed by atoms with Crippen LogP contribution in [-0.2, 0) is 23.8 Å². The maximum absolute atomic E-state index is 13.4. The summed E-state index contributed by atoms with van der Waals surface area (Å²) in [4.78, 5) is 26.9. The molecule has 0 saturated carbocycles. The standard InChI is InChI=1S/C43H84O5/c1-6-11-16-20-22-26-33-40(31-24-18-13-8-3)42(44)47-37-39(30-28-29-36-46-35-15-10-5)38-48-43(45)41(32-25-19-14-9-4)34-27-23-21-17-12-7-2/h39-41H,6-38H2,1-5H3. The second-order valence-electron chi connectivity index (χ2n) is 14.8. The summed E-state index contributed by atoms with van der Waals surface area (Å²) in [5, 5.41) is 0. The molecule has 0 amide bonds. The normalized spacial score (nSPS) is 13.4. The van der Waals surface area contributed by atoms with Gasteiger partial charge in [-0.05, 0) is 44.9 Å². The lowest BCUT2D eigenvalue weighted by molar-refractivity contribution is -0.155. The van der Waals surface area contributed by atoms with Crippen LogP contribution >= 0.6 is 0 Å². The number of carbonyl (C=O) groups excluding carboxylic acids is 2. The number of rotatable bonds is 38. The second-order valence-corrected chi connectivity index (χ2v) is 14.8. The average Bonchev–Trinajstić information content (AvgIpc) is 3.09. The van der Waals surface area contributed by atoms with Gasteiger partial charge >= 0.3 is 11.9 Å². The largest absolute Gasteiger partial charge is 0.465 e. The van der Waals surface area contributed by atoms with E-state index in [4.69, 9.17) is 14.2 Å². The Morgan fingerprint density at radius 3 is 1.08 bits per heavy atom. The molecule has 0 saturated heterocycles. The minimum Gasteiger partial charge on any atom is -0.465 e. The monoisotopic (exact) mass is 681 g/mol. The molecule has 0 aromatic carbocycles. The fourth-order valence-electron chi connectivity index (χ4n) is 6.57. The number of hydrogen-bond acceptors (Lipinski definition) is 5. The highest BCUT2D eigenvalue weighted by Gasteiger charge is 2.24. The molecule has 0 radical (unpaired) electrons. The predicted octanol–water partition coefficient (Wildman–Crippen LogP) is 13.4. The van der Waals surface area contributed by atoms with E-state index in [9.17, 15) is 9.59 Å². The van der Waals surface area contributed by atoms with E-state index in [2.05, 4.69) is 34.6 Å². The highest BCUT2D eigenvalue weighted by molar-refractivity contribution is 5.73. The fourth-order valence-corrected chi connectivity index (χ4v) is 6.57. The van der Waals surface area contributed by atoms with Crippen molar-refractivity contribution in [3.8, 4) is 0 Å². The smallest absolute Gasteiger partial charge is 0.308 e. The average molecular weight is 681 g/mol. The van der Waals surface area contributed by atoms with Crippen LogP contribution in [-0.4, -0.2) is 38.4 Å². The van der Waals surface area contributed by atoms with Crippen LogP contribution in [0.3, 0.4) is 0 Å². The molecule has 5 nitrogen and oxygen atoms in total. The maximum atomic E-state index is 13.4. The molecule has 0 aromatic heterocycles. The Kier molecular flexibility index (Phi) is 36.3. The molecule has 48 heavy (non-hydrogen) atoms. The highest BCUT2D eigenvalue weighted by atomic mass is 16.5. The van der Waals surface area contributed by atoms with Gasteiger partial charge in [-0.1, -0.05) is 176 Å². The van der Waals surface area contributed by atoms with Gasteiger partial charge < -0.3 is 14.2 Å². The lowest BCUT2D eigenvalue weighted by Gasteiger charge is -2.22. The van der Waals surface area contributed by atoms with E-state index in [-0.39, 0.29) is 29.7 Å². The molecule has 0 bridgehead atoms. The molecule has 0 heterocycles. The Morgan fingerprint density at radius 2 is 0.688 bits per heavy atom. The third kappa shape index (κ3) is 29.8. The third-order valence-corrected chi connectivity index (χ3v) is 10.0. The van der Waals surface area contributed by atoms with E-state index >= 15 is 0 Å². The first-order chi connectivity index (χ1) is 23.5. The summed E-state index contributed by atoms with van der Waals surface area (Å²) >= 11 is 0. The molecule has 0 aliphatic rings. The molecule has 286 valence electrons. The number of unbranched alkanes of at least 4 members (excludes halogenated alkanes) is 18. The van der Waals surface area contributed by atoms with Crippen molar-refractivity contribution in [3.63, 3.8) is 0 Å². The van der Waals surface area contributed by atoms with Gasteiger partial charge in [0.05, 0.1) is 25.0 Å². The Bertz CT molecular complexity index is 632. The molecule has 0 fully saturated rings. The van der Waals surface area contributed by atoms with Crippen LogP contribution in [0.15, 0.2) is 0 Å². The number of hydrogen-bond donors (Lipinski definition) is 0. The summed E-state index contributed by atoms with van der Waals surface area (Å²) in [6, 6.07) is 0. The Morgan fingerprint density at radius 1 is 0.375 bits per heavy atom. The quantitative estimate of drug-likeness (QED) is 0.0480. The molecular weight excluding hydrogens is 596 g/mol.